The Kier molecular flexibility index (Phi) is 4.82. The number of aromatic nitrogens is 2. The van der Waals surface area contributed by atoms with Crippen molar-refractivity contribution in [1.82, 2.24) is 9.97 Å². The maximum absolute atomic E-state index is 13.2. The van der Waals surface area contributed by atoms with E-state index in [9.17, 15) is 13.2 Å². The fourth-order valence-corrected chi connectivity index (χ4v) is 3.54. The van der Waals surface area contributed by atoms with Gasteiger partial charge in [0.1, 0.15) is 0 Å². The average molecular weight is 359 g/mol. The summed E-state index contributed by atoms with van der Waals surface area (Å²) in [6.07, 6.45) is -1.79. The van der Waals surface area contributed by atoms with Gasteiger partial charge in [0.25, 0.3) is 0 Å². The summed E-state index contributed by atoms with van der Waals surface area (Å²) in [7, 11) is 0. The van der Waals surface area contributed by atoms with Crippen LogP contribution in [-0.4, -0.2) is 9.97 Å². The van der Waals surface area contributed by atoms with Gasteiger partial charge in [0, 0.05) is 22.0 Å². The summed E-state index contributed by atoms with van der Waals surface area (Å²) in [5, 5.41) is 0.816. The third kappa shape index (κ3) is 3.98. The average Bonchev–Trinajstić information content (AvgIpc) is 2.52. The molecule has 1 aliphatic rings. The lowest BCUT2D eigenvalue weighted by Crippen LogP contribution is -2.19. The van der Waals surface area contributed by atoms with Crippen LogP contribution < -0.4 is 0 Å². The van der Waals surface area contributed by atoms with Crippen LogP contribution in [0, 0.1) is 0 Å². The van der Waals surface area contributed by atoms with Gasteiger partial charge in [0.2, 0.25) is 0 Å². The molecule has 0 unspecified atom stereocenters. The molecule has 0 aliphatic heterocycles. The highest BCUT2D eigenvalue weighted by Gasteiger charge is 2.37. The SMILES string of the molecule is FC(F)(F)c1nc(SCc2ccc(Cl)cc2)nc2c1CCCC2. The molecule has 0 fully saturated rings. The van der Waals surface area contributed by atoms with Crippen molar-refractivity contribution < 1.29 is 13.2 Å². The molecule has 0 amide bonds. The summed E-state index contributed by atoms with van der Waals surface area (Å²) >= 11 is 7.04. The summed E-state index contributed by atoms with van der Waals surface area (Å²) in [4.78, 5) is 8.14. The number of alkyl halides is 3. The van der Waals surface area contributed by atoms with Gasteiger partial charge in [-0.05, 0) is 43.4 Å². The van der Waals surface area contributed by atoms with Crippen molar-refractivity contribution in [2.45, 2.75) is 42.8 Å². The molecule has 23 heavy (non-hydrogen) atoms. The van der Waals surface area contributed by atoms with E-state index >= 15 is 0 Å². The van der Waals surface area contributed by atoms with Crippen LogP contribution in [0.1, 0.15) is 35.4 Å². The van der Waals surface area contributed by atoms with E-state index in [2.05, 4.69) is 9.97 Å². The van der Waals surface area contributed by atoms with E-state index in [4.69, 9.17) is 11.6 Å². The second-order valence-corrected chi connectivity index (χ2v) is 6.78. The predicted molar refractivity (Wildman–Crippen MR) is 84.7 cm³/mol. The van der Waals surface area contributed by atoms with E-state index in [1.807, 2.05) is 12.1 Å². The molecular weight excluding hydrogens is 345 g/mol. The van der Waals surface area contributed by atoms with Gasteiger partial charge in [-0.25, -0.2) is 9.97 Å². The first kappa shape index (κ1) is 16.6. The smallest absolute Gasteiger partial charge is 0.227 e. The van der Waals surface area contributed by atoms with Gasteiger partial charge >= 0.3 is 6.18 Å². The van der Waals surface area contributed by atoms with E-state index in [-0.39, 0.29) is 10.7 Å². The molecule has 3 rings (SSSR count). The normalized spacial score (nSPS) is 14.6. The number of hydrogen-bond acceptors (Lipinski definition) is 3. The van der Waals surface area contributed by atoms with Crippen molar-refractivity contribution in [1.29, 1.82) is 0 Å². The zero-order valence-electron chi connectivity index (χ0n) is 12.2. The molecule has 2 aromatic rings. The molecule has 0 saturated carbocycles. The van der Waals surface area contributed by atoms with Crippen molar-refractivity contribution in [2.24, 2.45) is 0 Å². The molecule has 0 spiro atoms. The Morgan fingerprint density at radius 1 is 1.04 bits per heavy atom. The van der Waals surface area contributed by atoms with Crippen LogP contribution >= 0.6 is 23.4 Å². The summed E-state index contributed by atoms with van der Waals surface area (Å²) in [6, 6.07) is 7.20. The van der Waals surface area contributed by atoms with Crippen LogP contribution in [0.2, 0.25) is 5.02 Å². The maximum atomic E-state index is 13.2. The summed E-state index contributed by atoms with van der Waals surface area (Å²) in [5.74, 6) is 0.507. The van der Waals surface area contributed by atoms with Crippen molar-refractivity contribution in [3.8, 4) is 0 Å². The summed E-state index contributed by atoms with van der Waals surface area (Å²) < 4.78 is 39.7. The third-order valence-electron chi connectivity index (χ3n) is 3.71. The van der Waals surface area contributed by atoms with Gasteiger partial charge < -0.3 is 0 Å². The second kappa shape index (κ2) is 6.69. The first-order valence-electron chi connectivity index (χ1n) is 7.28. The molecule has 2 nitrogen and oxygen atoms in total. The van der Waals surface area contributed by atoms with Gasteiger partial charge in [-0.2, -0.15) is 13.2 Å². The number of fused-ring (bicyclic) bond motifs is 1. The lowest BCUT2D eigenvalue weighted by molar-refractivity contribution is -0.142. The lowest BCUT2D eigenvalue weighted by Gasteiger charge is -2.20. The number of hydrogen-bond donors (Lipinski definition) is 0. The fraction of sp³-hybridized carbons (Fsp3) is 0.375. The maximum Gasteiger partial charge on any atom is 0.433 e. The van der Waals surface area contributed by atoms with E-state index < -0.39 is 11.9 Å². The van der Waals surface area contributed by atoms with Crippen LogP contribution in [-0.2, 0) is 24.8 Å². The Morgan fingerprint density at radius 3 is 2.43 bits per heavy atom. The minimum absolute atomic E-state index is 0.188. The number of thioether (sulfide) groups is 1. The minimum atomic E-state index is -4.43. The monoisotopic (exact) mass is 358 g/mol. The highest BCUT2D eigenvalue weighted by Crippen LogP contribution is 2.36. The molecule has 0 saturated heterocycles. The van der Waals surface area contributed by atoms with Gasteiger partial charge in [0.05, 0.1) is 0 Å². The second-order valence-electron chi connectivity index (χ2n) is 5.40. The Balaban J connectivity index is 1.86. The number of nitrogens with zero attached hydrogens (tertiary/aromatic N) is 2. The van der Waals surface area contributed by atoms with Crippen LogP contribution in [0.15, 0.2) is 29.4 Å². The fourth-order valence-electron chi connectivity index (χ4n) is 2.60. The lowest BCUT2D eigenvalue weighted by atomic mass is 9.94. The summed E-state index contributed by atoms with van der Waals surface area (Å²) in [6.45, 7) is 0. The summed E-state index contributed by atoms with van der Waals surface area (Å²) in [5.41, 5.74) is 1.03. The topological polar surface area (TPSA) is 25.8 Å². The molecule has 1 aromatic heterocycles. The number of aryl methyl sites for hydroxylation is 1. The van der Waals surface area contributed by atoms with Crippen molar-refractivity contribution >= 4 is 23.4 Å². The molecule has 1 aromatic carbocycles. The first-order chi connectivity index (χ1) is 10.9. The van der Waals surface area contributed by atoms with E-state index in [1.165, 1.54) is 11.8 Å². The molecule has 0 bridgehead atoms. The molecular formula is C16H14ClF3N2S. The van der Waals surface area contributed by atoms with Gasteiger partial charge in [0.15, 0.2) is 10.9 Å². The molecule has 0 atom stereocenters. The quantitative estimate of drug-likeness (QED) is 0.548. The standard InChI is InChI=1S/C16H14ClF3N2S/c17-11-7-5-10(6-8-11)9-23-15-21-13-4-2-1-3-12(13)14(22-15)16(18,19)20/h5-8H,1-4,9H2. The van der Waals surface area contributed by atoms with Gasteiger partial charge in [-0.15, -0.1) is 0 Å². The van der Waals surface area contributed by atoms with E-state index in [0.29, 0.717) is 29.3 Å². The zero-order chi connectivity index (χ0) is 16.4. The Morgan fingerprint density at radius 2 is 1.74 bits per heavy atom. The van der Waals surface area contributed by atoms with Crippen molar-refractivity contribution in [3.63, 3.8) is 0 Å². The third-order valence-corrected chi connectivity index (χ3v) is 4.88. The number of rotatable bonds is 3. The molecule has 1 aliphatic carbocycles. The van der Waals surface area contributed by atoms with Crippen molar-refractivity contribution in [2.75, 3.05) is 0 Å². The Bertz CT molecular complexity index is 702. The van der Waals surface area contributed by atoms with Crippen molar-refractivity contribution in [3.05, 3.63) is 51.8 Å². The number of halogens is 4. The molecule has 122 valence electrons. The molecule has 0 radical (unpaired) electrons. The van der Waals surface area contributed by atoms with Gasteiger partial charge in [-0.3, -0.25) is 0 Å². The zero-order valence-corrected chi connectivity index (χ0v) is 13.7. The Labute approximate surface area is 141 Å². The molecule has 7 heteroatoms. The van der Waals surface area contributed by atoms with Gasteiger partial charge in [-0.1, -0.05) is 35.5 Å². The van der Waals surface area contributed by atoms with E-state index in [0.717, 1.165) is 18.4 Å². The molecule has 0 N–H and O–H groups in total. The highest BCUT2D eigenvalue weighted by molar-refractivity contribution is 7.98. The van der Waals surface area contributed by atoms with Crippen LogP contribution in [0.25, 0.3) is 0 Å². The molecule has 1 heterocycles. The van der Waals surface area contributed by atoms with Crippen LogP contribution in [0.5, 0.6) is 0 Å². The minimum Gasteiger partial charge on any atom is -0.227 e. The predicted octanol–water partition coefficient (Wildman–Crippen LogP) is 5.32. The Hall–Kier alpha value is -1.27. The number of benzene rings is 1. The van der Waals surface area contributed by atoms with Crippen LogP contribution in [0.4, 0.5) is 13.2 Å². The largest absolute Gasteiger partial charge is 0.433 e. The first-order valence-corrected chi connectivity index (χ1v) is 8.64. The van der Waals surface area contributed by atoms with E-state index in [1.54, 1.807) is 12.1 Å². The highest BCUT2D eigenvalue weighted by atomic mass is 35.5. The van der Waals surface area contributed by atoms with Crippen LogP contribution in [0.3, 0.4) is 0 Å².